The zero-order chi connectivity index (χ0) is 10.4. The molecule has 0 aromatic carbocycles. The van der Waals surface area contributed by atoms with E-state index in [1.54, 1.807) is 0 Å². The van der Waals surface area contributed by atoms with Crippen LogP contribution in [0.3, 0.4) is 0 Å². The van der Waals surface area contributed by atoms with Crippen molar-refractivity contribution in [2.45, 2.75) is 39.3 Å². The molecule has 0 amide bonds. The molecular formula is C10H19N3O. The lowest BCUT2D eigenvalue weighted by atomic mass is 10.2. The van der Waals surface area contributed by atoms with Gasteiger partial charge in [-0.1, -0.05) is 0 Å². The van der Waals surface area contributed by atoms with Crippen molar-refractivity contribution in [3.05, 3.63) is 17.5 Å². The fourth-order valence-electron chi connectivity index (χ4n) is 1.34. The van der Waals surface area contributed by atoms with E-state index in [-0.39, 0.29) is 6.61 Å². The van der Waals surface area contributed by atoms with E-state index in [0.717, 1.165) is 25.1 Å². The van der Waals surface area contributed by atoms with Gasteiger partial charge in [-0.05, 0) is 26.7 Å². The number of aliphatic hydroxyl groups is 1. The summed E-state index contributed by atoms with van der Waals surface area (Å²) in [5, 5.41) is 18.9. The summed E-state index contributed by atoms with van der Waals surface area (Å²) in [7, 11) is 0. The number of aliphatic hydroxyl groups excluding tert-OH is 1. The lowest BCUT2D eigenvalue weighted by molar-refractivity contribution is 0.276. The molecule has 0 aliphatic carbocycles. The molecule has 80 valence electrons. The van der Waals surface area contributed by atoms with E-state index >= 15 is 0 Å². The monoisotopic (exact) mass is 197 g/mol. The summed E-state index contributed by atoms with van der Waals surface area (Å²) in [5.41, 5.74) is 2.33. The fraction of sp³-hybridized carbons (Fsp3) is 0.700. The van der Waals surface area contributed by atoms with E-state index in [1.165, 1.54) is 5.56 Å². The highest BCUT2D eigenvalue weighted by molar-refractivity contribution is 5.13. The first kappa shape index (κ1) is 11.2. The Morgan fingerprint density at radius 2 is 2.43 bits per heavy atom. The molecule has 4 nitrogen and oxygen atoms in total. The van der Waals surface area contributed by atoms with Gasteiger partial charge in [0.15, 0.2) is 0 Å². The normalized spacial score (nSPS) is 13.1. The Labute approximate surface area is 84.7 Å². The van der Waals surface area contributed by atoms with Crippen LogP contribution in [0.2, 0.25) is 0 Å². The minimum absolute atomic E-state index is 0.275. The lowest BCUT2D eigenvalue weighted by Gasteiger charge is -2.12. The molecule has 3 N–H and O–H groups in total. The van der Waals surface area contributed by atoms with Gasteiger partial charge >= 0.3 is 0 Å². The van der Waals surface area contributed by atoms with E-state index in [1.807, 2.05) is 13.1 Å². The number of aromatic nitrogens is 2. The molecule has 1 heterocycles. The standard InChI is InChI=1S/C10H19N3O/c1-8(4-3-5-14)11-6-10-7-12-13-9(10)2/h7-8,11,14H,3-6H2,1-2H3,(H,12,13)/t8-/m0/s1. The molecule has 14 heavy (non-hydrogen) atoms. The number of nitrogens with zero attached hydrogens (tertiary/aromatic N) is 1. The summed E-state index contributed by atoms with van der Waals surface area (Å²) in [5.74, 6) is 0. The third-order valence-electron chi connectivity index (χ3n) is 2.37. The number of hydrogen-bond donors (Lipinski definition) is 3. The first-order valence-corrected chi connectivity index (χ1v) is 5.07. The Morgan fingerprint density at radius 3 is 3.00 bits per heavy atom. The number of rotatable bonds is 6. The van der Waals surface area contributed by atoms with Crippen LogP contribution in [-0.2, 0) is 6.54 Å². The van der Waals surface area contributed by atoms with Gasteiger partial charge in [0.25, 0.3) is 0 Å². The minimum Gasteiger partial charge on any atom is -0.396 e. The summed E-state index contributed by atoms with van der Waals surface area (Å²) >= 11 is 0. The molecule has 0 aliphatic heterocycles. The molecule has 1 atom stereocenters. The average molecular weight is 197 g/mol. The Bertz CT molecular complexity index is 260. The molecule has 0 spiro atoms. The van der Waals surface area contributed by atoms with E-state index in [9.17, 15) is 0 Å². The van der Waals surface area contributed by atoms with Gasteiger partial charge in [-0.25, -0.2) is 0 Å². The molecule has 0 saturated carbocycles. The van der Waals surface area contributed by atoms with Crippen molar-refractivity contribution in [3.63, 3.8) is 0 Å². The number of hydrogen-bond acceptors (Lipinski definition) is 3. The number of H-pyrrole nitrogens is 1. The van der Waals surface area contributed by atoms with Crippen molar-refractivity contribution in [2.75, 3.05) is 6.61 Å². The molecule has 0 saturated heterocycles. The van der Waals surface area contributed by atoms with Crippen LogP contribution in [0.15, 0.2) is 6.20 Å². The maximum atomic E-state index is 8.67. The molecule has 4 heteroatoms. The topological polar surface area (TPSA) is 60.9 Å². The summed E-state index contributed by atoms with van der Waals surface area (Å²) < 4.78 is 0. The van der Waals surface area contributed by atoms with Crippen molar-refractivity contribution >= 4 is 0 Å². The smallest absolute Gasteiger partial charge is 0.0535 e. The van der Waals surface area contributed by atoms with Crippen LogP contribution in [0.5, 0.6) is 0 Å². The molecule has 0 aliphatic rings. The van der Waals surface area contributed by atoms with Crippen molar-refractivity contribution in [1.82, 2.24) is 15.5 Å². The van der Waals surface area contributed by atoms with Crippen LogP contribution in [0.25, 0.3) is 0 Å². The zero-order valence-electron chi connectivity index (χ0n) is 8.88. The molecule has 0 unspecified atom stereocenters. The van der Waals surface area contributed by atoms with Crippen LogP contribution in [0.1, 0.15) is 31.0 Å². The lowest BCUT2D eigenvalue weighted by Crippen LogP contribution is -2.25. The van der Waals surface area contributed by atoms with E-state index in [4.69, 9.17) is 5.11 Å². The van der Waals surface area contributed by atoms with Crippen LogP contribution in [0.4, 0.5) is 0 Å². The third-order valence-corrected chi connectivity index (χ3v) is 2.37. The minimum atomic E-state index is 0.275. The van der Waals surface area contributed by atoms with Crippen molar-refractivity contribution in [3.8, 4) is 0 Å². The number of aryl methyl sites for hydroxylation is 1. The van der Waals surface area contributed by atoms with Gasteiger partial charge in [-0.3, -0.25) is 5.10 Å². The Hall–Kier alpha value is -0.870. The van der Waals surface area contributed by atoms with E-state index in [2.05, 4.69) is 22.4 Å². The van der Waals surface area contributed by atoms with Crippen LogP contribution in [-0.4, -0.2) is 28.0 Å². The maximum absolute atomic E-state index is 8.67. The first-order valence-electron chi connectivity index (χ1n) is 5.07. The molecule has 1 aromatic heterocycles. The summed E-state index contributed by atoms with van der Waals surface area (Å²) in [6.07, 6.45) is 3.72. The number of aromatic amines is 1. The molecule has 1 aromatic rings. The van der Waals surface area contributed by atoms with Crippen LogP contribution >= 0.6 is 0 Å². The van der Waals surface area contributed by atoms with Gasteiger partial charge in [0.05, 0.1) is 6.20 Å². The van der Waals surface area contributed by atoms with Crippen molar-refractivity contribution in [1.29, 1.82) is 0 Å². The van der Waals surface area contributed by atoms with E-state index in [0.29, 0.717) is 6.04 Å². The zero-order valence-corrected chi connectivity index (χ0v) is 8.88. The predicted octanol–water partition coefficient (Wildman–Crippen LogP) is 0.969. The molecule has 0 radical (unpaired) electrons. The summed E-state index contributed by atoms with van der Waals surface area (Å²) in [6.45, 7) is 5.26. The van der Waals surface area contributed by atoms with Gasteiger partial charge in [0.1, 0.15) is 0 Å². The number of nitrogens with one attached hydrogen (secondary N) is 2. The average Bonchev–Trinajstić information content (AvgIpc) is 2.58. The third kappa shape index (κ3) is 3.47. The van der Waals surface area contributed by atoms with Gasteiger partial charge in [0, 0.05) is 30.5 Å². The van der Waals surface area contributed by atoms with Crippen LogP contribution in [0, 0.1) is 6.92 Å². The first-order chi connectivity index (χ1) is 6.74. The quantitative estimate of drug-likeness (QED) is 0.637. The largest absolute Gasteiger partial charge is 0.396 e. The van der Waals surface area contributed by atoms with Crippen molar-refractivity contribution < 1.29 is 5.11 Å². The maximum Gasteiger partial charge on any atom is 0.0535 e. The van der Waals surface area contributed by atoms with E-state index < -0.39 is 0 Å². The summed E-state index contributed by atoms with van der Waals surface area (Å²) in [6, 6.07) is 0.441. The second-order valence-electron chi connectivity index (χ2n) is 3.67. The highest BCUT2D eigenvalue weighted by Crippen LogP contribution is 2.03. The molecular weight excluding hydrogens is 178 g/mol. The fourth-order valence-corrected chi connectivity index (χ4v) is 1.34. The van der Waals surface area contributed by atoms with Crippen LogP contribution < -0.4 is 5.32 Å². The Morgan fingerprint density at radius 1 is 1.64 bits per heavy atom. The highest BCUT2D eigenvalue weighted by atomic mass is 16.2. The van der Waals surface area contributed by atoms with Gasteiger partial charge in [-0.2, -0.15) is 5.10 Å². The molecule has 1 rings (SSSR count). The second kappa shape index (κ2) is 5.78. The Kier molecular flexibility index (Phi) is 4.62. The SMILES string of the molecule is Cc1[nH]ncc1CN[C@@H](C)CCCO. The highest BCUT2D eigenvalue weighted by Gasteiger charge is 2.03. The van der Waals surface area contributed by atoms with Gasteiger partial charge in [0.2, 0.25) is 0 Å². The van der Waals surface area contributed by atoms with Gasteiger partial charge in [-0.15, -0.1) is 0 Å². The predicted molar refractivity (Wildman–Crippen MR) is 55.9 cm³/mol. The molecule has 0 fully saturated rings. The second-order valence-corrected chi connectivity index (χ2v) is 3.67. The Balaban J connectivity index is 2.23. The molecule has 0 bridgehead atoms. The van der Waals surface area contributed by atoms with Crippen molar-refractivity contribution in [2.24, 2.45) is 0 Å². The summed E-state index contributed by atoms with van der Waals surface area (Å²) in [4.78, 5) is 0. The van der Waals surface area contributed by atoms with Gasteiger partial charge < -0.3 is 10.4 Å².